The van der Waals surface area contributed by atoms with Crippen LogP contribution in [0.1, 0.15) is 25.2 Å². The fourth-order valence-electron chi connectivity index (χ4n) is 1.17. The molecule has 0 aliphatic heterocycles. The molecule has 0 fully saturated rings. The molecule has 0 unspecified atom stereocenters. The molecule has 3 heteroatoms. The average molecular weight is 178 g/mol. The van der Waals surface area contributed by atoms with Crippen molar-refractivity contribution < 1.29 is 4.42 Å². The number of rotatable bonds is 0. The van der Waals surface area contributed by atoms with Gasteiger partial charge in [0, 0.05) is 5.69 Å². The molecule has 2 heterocycles. The number of hydrogen-bond donors (Lipinski definition) is 0. The zero-order valence-corrected chi connectivity index (χ0v) is 8.46. The minimum Gasteiger partial charge on any atom is -0.442 e. The maximum absolute atomic E-state index is 5.13. The van der Waals surface area contributed by atoms with Crippen molar-refractivity contribution in [2.24, 2.45) is 0 Å². The van der Waals surface area contributed by atoms with Crippen LogP contribution in [0.25, 0.3) is 11.1 Å². The number of oxazole rings is 1. The van der Waals surface area contributed by atoms with Gasteiger partial charge in [-0.2, -0.15) is 0 Å². The summed E-state index contributed by atoms with van der Waals surface area (Å²) in [5.74, 6) is 0. The first-order valence-electron chi connectivity index (χ1n) is 4.45. The normalized spacial score (nSPS) is 9.54. The van der Waals surface area contributed by atoms with E-state index in [1.807, 2.05) is 33.8 Å². The summed E-state index contributed by atoms with van der Waals surface area (Å²) >= 11 is 0. The van der Waals surface area contributed by atoms with Gasteiger partial charge in [0.15, 0.2) is 12.0 Å². The Balaban J connectivity index is 0.000000396. The van der Waals surface area contributed by atoms with E-state index in [1.165, 1.54) is 6.39 Å². The number of fused-ring (bicyclic) bond motifs is 1. The Hall–Kier alpha value is -1.38. The van der Waals surface area contributed by atoms with Crippen molar-refractivity contribution in [3.63, 3.8) is 0 Å². The Morgan fingerprint density at radius 2 is 1.92 bits per heavy atom. The first-order valence-corrected chi connectivity index (χ1v) is 4.45. The molecule has 3 nitrogen and oxygen atoms in total. The van der Waals surface area contributed by atoms with Crippen LogP contribution >= 0.6 is 0 Å². The number of hydrogen-bond acceptors (Lipinski definition) is 3. The predicted molar refractivity (Wildman–Crippen MR) is 52.6 cm³/mol. The molecule has 0 N–H and O–H groups in total. The van der Waals surface area contributed by atoms with E-state index in [1.54, 1.807) is 0 Å². The molecular weight excluding hydrogens is 164 g/mol. The number of aromatic nitrogens is 2. The smallest absolute Gasteiger partial charge is 0.182 e. The monoisotopic (exact) mass is 178 g/mol. The van der Waals surface area contributed by atoms with E-state index < -0.39 is 0 Å². The topological polar surface area (TPSA) is 38.9 Å². The van der Waals surface area contributed by atoms with E-state index in [4.69, 9.17) is 4.42 Å². The second kappa shape index (κ2) is 4.03. The molecule has 0 amide bonds. The summed E-state index contributed by atoms with van der Waals surface area (Å²) in [6, 6.07) is 1.91. The second-order valence-corrected chi connectivity index (χ2v) is 2.55. The molecule has 0 saturated carbocycles. The van der Waals surface area contributed by atoms with E-state index in [0.29, 0.717) is 0 Å². The number of aryl methyl sites for hydroxylation is 2. The Morgan fingerprint density at radius 1 is 1.23 bits per heavy atom. The quantitative estimate of drug-likeness (QED) is 0.622. The van der Waals surface area contributed by atoms with E-state index in [-0.39, 0.29) is 0 Å². The van der Waals surface area contributed by atoms with Gasteiger partial charge in [0.1, 0.15) is 5.52 Å². The summed E-state index contributed by atoms with van der Waals surface area (Å²) < 4.78 is 5.13. The van der Waals surface area contributed by atoms with Gasteiger partial charge in [0.2, 0.25) is 0 Å². The lowest BCUT2D eigenvalue weighted by Crippen LogP contribution is -1.85. The first kappa shape index (κ1) is 9.71. The minimum atomic E-state index is 0.788. The van der Waals surface area contributed by atoms with Crippen LogP contribution < -0.4 is 0 Å². The minimum absolute atomic E-state index is 0.788. The highest BCUT2D eigenvalue weighted by atomic mass is 16.3. The summed E-state index contributed by atoms with van der Waals surface area (Å²) in [4.78, 5) is 8.27. The van der Waals surface area contributed by atoms with E-state index in [9.17, 15) is 0 Å². The molecule has 2 aromatic rings. The molecule has 0 aromatic carbocycles. The van der Waals surface area contributed by atoms with Crippen LogP contribution in [0.15, 0.2) is 16.9 Å². The van der Waals surface area contributed by atoms with Gasteiger partial charge < -0.3 is 4.42 Å². The fourth-order valence-corrected chi connectivity index (χ4v) is 1.17. The lowest BCUT2D eigenvalue weighted by molar-refractivity contribution is 0.597. The summed E-state index contributed by atoms with van der Waals surface area (Å²) in [5, 5.41) is 0. The van der Waals surface area contributed by atoms with Crippen LogP contribution in [-0.2, 0) is 0 Å². The third-order valence-corrected chi connectivity index (χ3v) is 1.61. The average Bonchev–Trinajstić information content (AvgIpc) is 2.55. The van der Waals surface area contributed by atoms with Gasteiger partial charge >= 0.3 is 0 Å². The van der Waals surface area contributed by atoms with Gasteiger partial charge in [-0.25, -0.2) is 4.98 Å². The van der Waals surface area contributed by atoms with E-state index >= 15 is 0 Å². The zero-order chi connectivity index (χ0) is 9.84. The van der Waals surface area contributed by atoms with E-state index in [2.05, 4.69) is 9.97 Å². The third kappa shape index (κ3) is 1.86. The number of nitrogens with zero attached hydrogens (tertiary/aromatic N) is 2. The highest BCUT2D eigenvalue weighted by Gasteiger charge is 2.02. The van der Waals surface area contributed by atoms with Crippen molar-refractivity contribution in [1.82, 2.24) is 9.97 Å². The maximum atomic E-state index is 5.13. The molecule has 0 aliphatic carbocycles. The molecule has 2 aromatic heterocycles. The lowest BCUT2D eigenvalue weighted by atomic mass is 10.3. The van der Waals surface area contributed by atoms with Gasteiger partial charge in [0.25, 0.3) is 0 Å². The Kier molecular flexibility index (Phi) is 3.01. The van der Waals surface area contributed by atoms with E-state index in [0.717, 1.165) is 22.5 Å². The fraction of sp³-hybridized carbons (Fsp3) is 0.400. The molecule has 0 radical (unpaired) electrons. The summed E-state index contributed by atoms with van der Waals surface area (Å²) in [6.45, 7) is 7.86. The Labute approximate surface area is 77.8 Å². The highest BCUT2D eigenvalue weighted by Crippen LogP contribution is 2.15. The van der Waals surface area contributed by atoms with Crippen LogP contribution in [0.4, 0.5) is 0 Å². The standard InChI is InChI=1S/C8H8N2O.C2H6/c1-5-3-7-8(6(2)10-5)11-4-9-7;1-2/h3-4H,1-2H3;1-2H3. The summed E-state index contributed by atoms with van der Waals surface area (Å²) in [6.07, 6.45) is 1.44. The van der Waals surface area contributed by atoms with Gasteiger partial charge in [-0.3, -0.25) is 4.98 Å². The summed E-state index contributed by atoms with van der Waals surface area (Å²) in [5.41, 5.74) is 3.55. The van der Waals surface area contributed by atoms with Crippen molar-refractivity contribution in [2.75, 3.05) is 0 Å². The van der Waals surface area contributed by atoms with Gasteiger partial charge in [0.05, 0.1) is 5.69 Å². The molecule has 0 spiro atoms. The van der Waals surface area contributed by atoms with Crippen LogP contribution in [0.2, 0.25) is 0 Å². The van der Waals surface area contributed by atoms with Crippen LogP contribution in [0.5, 0.6) is 0 Å². The maximum Gasteiger partial charge on any atom is 0.182 e. The zero-order valence-electron chi connectivity index (χ0n) is 8.46. The van der Waals surface area contributed by atoms with Gasteiger partial charge in [-0.1, -0.05) is 13.8 Å². The molecule has 0 atom stereocenters. The van der Waals surface area contributed by atoms with Crippen molar-refractivity contribution in [3.8, 4) is 0 Å². The summed E-state index contributed by atoms with van der Waals surface area (Å²) in [7, 11) is 0. The SMILES string of the molecule is CC.Cc1cc2ncoc2c(C)n1. The second-order valence-electron chi connectivity index (χ2n) is 2.55. The van der Waals surface area contributed by atoms with Crippen molar-refractivity contribution in [2.45, 2.75) is 27.7 Å². The molecule has 2 rings (SSSR count). The molecule has 70 valence electrons. The lowest BCUT2D eigenvalue weighted by Gasteiger charge is -1.93. The molecule has 0 bridgehead atoms. The van der Waals surface area contributed by atoms with Crippen LogP contribution in [0, 0.1) is 13.8 Å². The van der Waals surface area contributed by atoms with Crippen molar-refractivity contribution >= 4 is 11.1 Å². The van der Waals surface area contributed by atoms with Crippen molar-refractivity contribution in [3.05, 3.63) is 23.8 Å². The van der Waals surface area contributed by atoms with Crippen LogP contribution in [-0.4, -0.2) is 9.97 Å². The molecule has 0 saturated heterocycles. The largest absolute Gasteiger partial charge is 0.442 e. The molecular formula is C10H14N2O. The first-order chi connectivity index (χ1) is 6.27. The molecule has 13 heavy (non-hydrogen) atoms. The van der Waals surface area contributed by atoms with Gasteiger partial charge in [-0.05, 0) is 19.9 Å². The number of pyridine rings is 1. The Morgan fingerprint density at radius 3 is 2.62 bits per heavy atom. The predicted octanol–water partition coefficient (Wildman–Crippen LogP) is 2.87. The molecule has 0 aliphatic rings. The van der Waals surface area contributed by atoms with Gasteiger partial charge in [-0.15, -0.1) is 0 Å². The third-order valence-electron chi connectivity index (χ3n) is 1.61. The van der Waals surface area contributed by atoms with Crippen molar-refractivity contribution in [1.29, 1.82) is 0 Å². The highest BCUT2D eigenvalue weighted by molar-refractivity contribution is 5.74. The Bertz CT molecular complexity index is 393. The van der Waals surface area contributed by atoms with Crippen LogP contribution in [0.3, 0.4) is 0 Å².